The van der Waals surface area contributed by atoms with Crippen molar-refractivity contribution in [1.82, 2.24) is 5.32 Å². The fourth-order valence-corrected chi connectivity index (χ4v) is 2.54. The van der Waals surface area contributed by atoms with Crippen molar-refractivity contribution in [3.8, 4) is 0 Å². The normalized spacial score (nSPS) is 16.3. The Hall–Kier alpha value is -1.51. The number of benzene rings is 1. The molecule has 1 aromatic rings. The topological polar surface area (TPSA) is 41.1 Å². The Morgan fingerprint density at radius 3 is 2.44 bits per heavy atom. The smallest absolute Gasteiger partial charge is 0.251 e. The highest BCUT2D eigenvalue weighted by Crippen LogP contribution is 2.24. The maximum absolute atomic E-state index is 11.4. The van der Waals surface area contributed by atoms with Crippen LogP contribution in [0.3, 0.4) is 0 Å². The van der Waals surface area contributed by atoms with Crippen LogP contribution in [0.4, 0.5) is 5.69 Å². The van der Waals surface area contributed by atoms with Gasteiger partial charge in [-0.25, -0.2) is 0 Å². The molecule has 1 aromatic carbocycles. The summed E-state index contributed by atoms with van der Waals surface area (Å²) in [6.07, 6.45) is 6.86. The fraction of sp³-hybridized carbons (Fsp3) is 0.533. The van der Waals surface area contributed by atoms with Crippen molar-refractivity contribution >= 4 is 11.6 Å². The number of anilines is 1. The zero-order valence-corrected chi connectivity index (χ0v) is 11.0. The van der Waals surface area contributed by atoms with Gasteiger partial charge in [0.15, 0.2) is 0 Å². The second-order valence-corrected chi connectivity index (χ2v) is 5.04. The standard InChI is InChI=1S/C15H22N2O/c1-16-15(18)13-7-9-14(10-8-13)17-11-12-5-3-2-4-6-12/h7-10,12,17H,2-6,11H2,1H3,(H,16,18). The number of carbonyl (C=O) groups excluding carboxylic acids is 1. The Morgan fingerprint density at radius 2 is 1.83 bits per heavy atom. The van der Waals surface area contributed by atoms with Gasteiger partial charge in [0.05, 0.1) is 0 Å². The van der Waals surface area contributed by atoms with E-state index in [1.54, 1.807) is 7.05 Å². The molecule has 1 aliphatic carbocycles. The summed E-state index contributed by atoms with van der Waals surface area (Å²) in [5, 5.41) is 6.09. The Labute approximate surface area is 109 Å². The summed E-state index contributed by atoms with van der Waals surface area (Å²) in [6, 6.07) is 7.69. The summed E-state index contributed by atoms with van der Waals surface area (Å²) in [4.78, 5) is 11.4. The van der Waals surface area contributed by atoms with Gasteiger partial charge in [-0.05, 0) is 43.0 Å². The van der Waals surface area contributed by atoms with Crippen LogP contribution in [0.15, 0.2) is 24.3 Å². The Balaban J connectivity index is 1.84. The first kappa shape index (κ1) is 12.9. The molecule has 0 aliphatic heterocycles. The molecule has 0 unspecified atom stereocenters. The van der Waals surface area contributed by atoms with Crippen LogP contribution in [0.1, 0.15) is 42.5 Å². The van der Waals surface area contributed by atoms with Crippen LogP contribution in [0.25, 0.3) is 0 Å². The molecule has 1 amide bonds. The third kappa shape index (κ3) is 3.49. The van der Waals surface area contributed by atoms with E-state index >= 15 is 0 Å². The Bertz CT molecular complexity index is 380. The molecule has 0 spiro atoms. The van der Waals surface area contributed by atoms with E-state index in [0.717, 1.165) is 18.2 Å². The van der Waals surface area contributed by atoms with Crippen LogP contribution < -0.4 is 10.6 Å². The second kappa shape index (κ2) is 6.43. The highest BCUT2D eigenvalue weighted by atomic mass is 16.1. The Kier molecular flexibility index (Phi) is 4.62. The third-order valence-electron chi connectivity index (χ3n) is 3.69. The van der Waals surface area contributed by atoms with Crippen molar-refractivity contribution in [3.63, 3.8) is 0 Å². The lowest BCUT2D eigenvalue weighted by atomic mass is 9.89. The first-order valence-corrected chi connectivity index (χ1v) is 6.85. The summed E-state index contributed by atoms with van der Waals surface area (Å²) in [5.41, 5.74) is 1.81. The monoisotopic (exact) mass is 246 g/mol. The molecule has 3 heteroatoms. The van der Waals surface area contributed by atoms with E-state index in [1.807, 2.05) is 24.3 Å². The molecule has 0 atom stereocenters. The average Bonchev–Trinajstić information content (AvgIpc) is 2.46. The zero-order chi connectivity index (χ0) is 12.8. The lowest BCUT2D eigenvalue weighted by Gasteiger charge is -2.22. The number of carbonyl (C=O) groups is 1. The Morgan fingerprint density at radius 1 is 1.17 bits per heavy atom. The van der Waals surface area contributed by atoms with Crippen LogP contribution in [0.2, 0.25) is 0 Å². The highest BCUT2D eigenvalue weighted by Gasteiger charge is 2.12. The highest BCUT2D eigenvalue weighted by molar-refractivity contribution is 5.94. The van der Waals surface area contributed by atoms with Crippen molar-refractivity contribution in [3.05, 3.63) is 29.8 Å². The number of amides is 1. The maximum Gasteiger partial charge on any atom is 0.251 e. The number of rotatable bonds is 4. The molecule has 0 heterocycles. The van der Waals surface area contributed by atoms with E-state index in [2.05, 4.69) is 10.6 Å². The molecule has 1 fully saturated rings. The largest absolute Gasteiger partial charge is 0.385 e. The third-order valence-corrected chi connectivity index (χ3v) is 3.69. The molecule has 2 rings (SSSR count). The van der Waals surface area contributed by atoms with Crippen molar-refractivity contribution < 1.29 is 4.79 Å². The molecule has 0 saturated heterocycles. The average molecular weight is 246 g/mol. The molecule has 1 aliphatic rings. The molecule has 0 bridgehead atoms. The second-order valence-electron chi connectivity index (χ2n) is 5.04. The summed E-state index contributed by atoms with van der Waals surface area (Å²) >= 11 is 0. The molecular weight excluding hydrogens is 224 g/mol. The van der Waals surface area contributed by atoms with Gasteiger partial charge in [-0.1, -0.05) is 19.3 Å². The predicted octanol–water partition coefficient (Wildman–Crippen LogP) is 3.04. The van der Waals surface area contributed by atoms with Crippen LogP contribution >= 0.6 is 0 Å². The summed E-state index contributed by atoms with van der Waals surface area (Å²) in [7, 11) is 1.65. The van der Waals surface area contributed by atoms with Gasteiger partial charge in [0, 0.05) is 24.8 Å². The fourth-order valence-electron chi connectivity index (χ4n) is 2.54. The van der Waals surface area contributed by atoms with Gasteiger partial charge >= 0.3 is 0 Å². The predicted molar refractivity (Wildman–Crippen MR) is 74.9 cm³/mol. The van der Waals surface area contributed by atoms with E-state index in [0.29, 0.717) is 5.56 Å². The first-order valence-electron chi connectivity index (χ1n) is 6.85. The van der Waals surface area contributed by atoms with E-state index in [9.17, 15) is 4.79 Å². The van der Waals surface area contributed by atoms with Crippen molar-refractivity contribution in [2.75, 3.05) is 18.9 Å². The van der Waals surface area contributed by atoms with Crippen LogP contribution in [0, 0.1) is 5.92 Å². The van der Waals surface area contributed by atoms with Gasteiger partial charge in [0.25, 0.3) is 5.91 Å². The minimum absolute atomic E-state index is 0.0335. The van der Waals surface area contributed by atoms with Crippen LogP contribution in [-0.2, 0) is 0 Å². The number of hydrogen-bond donors (Lipinski definition) is 2. The van der Waals surface area contributed by atoms with Gasteiger partial charge in [-0.2, -0.15) is 0 Å². The van der Waals surface area contributed by atoms with E-state index in [-0.39, 0.29) is 5.91 Å². The molecule has 3 nitrogen and oxygen atoms in total. The van der Waals surface area contributed by atoms with Crippen LogP contribution in [-0.4, -0.2) is 19.5 Å². The molecule has 1 saturated carbocycles. The summed E-state index contributed by atoms with van der Waals surface area (Å²) in [5.74, 6) is 0.784. The molecule has 18 heavy (non-hydrogen) atoms. The van der Waals surface area contributed by atoms with Crippen LogP contribution in [0.5, 0.6) is 0 Å². The number of hydrogen-bond acceptors (Lipinski definition) is 2. The first-order chi connectivity index (χ1) is 8.79. The van der Waals surface area contributed by atoms with Gasteiger partial charge in [0.1, 0.15) is 0 Å². The van der Waals surface area contributed by atoms with Gasteiger partial charge in [-0.15, -0.1) is 0 Å². The molecule has 0 aromatic heterocycles. The SMILES string of the molecule is CNC(=O)c1ccc(NCC2CCCCC2)cc1. The maximum atomic E-state index is 11.4. The van der Waals surface area contributed by atoms with Crippen molar-refractivity contribution in [1.29, 1.82) is 0 Å². The lowest BCUT2D eigenvalue weighted by Crippen LogP contribution is -2.18. The lowest BCUT2D eigenvalue weighted by molar-refractivity contribution is 0.0963. The minimum atomic E-state index is -0.0335. The quantitative estimate of drug-likeness (QED) is 0.857. The summed E-state index contributed by atoms with van der Waals surface area (Å²) in [6.45, 7) is 1.05. The van der Waals surface area contributed by atoms with Gasteiger partial charge in [-0.3, -0.25) is 4.79 Å². The zero-order valence-electron chi connectivity index (χ0n) is 11.0. The summed E-state index contributed by atoms with van der Waals surface area (Å²) < 4.78 is 0. The molecular formula is C15H22N2O. The minimum Gasteiger partial charge on any atom is -0.385 e. The van der Waals surface area contributed by atoms with Gasteiger partial charge < -0.3 is 10.6 Å². The molecule has 2 N–H and O–H groups in total. The molecule has 0 radical (unpaired) electrons. The van der Waals surface area contributed by atoms with Gasteiger partial charge in [0.2, 0.25) is 0 Å². The number of nitrogens with one attached hydrogen (secondary N) is 2. The van der Waals surface area contributed by atoms with E-state index in [1.165, 1.54) is 32.1 Å². The molecule has 98 valence electrons. The van der Waals surface area contributed by atoms with Crippen molar-refractivity contribution in [2.45, 2.75) is 32.1 Å². The van der Waals surface area contributed by atoms with Crippen molar-refractivity contribution in [2.24, 2.45) is 5.92 Å². The van der Waals surface area contributed by atoms with E-state index in [4.69, 9.17) is 0 Å². The van der Waals surface area contributed by atoms with E-state index < -0.39 is 0 Å².